The Morgan fingerprint density at radius 1 is 0.840 bits per heavy atom. The monoisotopic (exact) mass is 344 g/mol. The molecule has 136 valence electrons. The molecular formula is C19H28N4O2. The van der Waals surface area contributed by atoms with Gasteiger partial charge in [-0.2, -0.15) is 10.5 Å². The van der Waals surface area contributed by atoms with Gasteiger partial charge < -0.3 is 10.6 Å². The molecule has 0 atom stereocenters. The molecule has 2 aliphatic rings. The van der Waals surface area contributed by atoms with Gasteiger partial charge in [0.05, 0.1) is 12.1 Å². The first-order valence-corrected chi connectivity index (χ1v) is 9.18. The normalized spacial score (nSPS) is 21.1. The first kappa shape index (κ1) is 19.2. The number of carbonyl (C=O) groups is 2. The molecule has 2 aliphatic carbocycles. The summed E-state index contributed by atoms with van der Waals surface area (Å²) >= 11 is 0. The van der Waals surface area contributed by atoms with Gasteiger partial charge >= 0.3 is 0 Å². The third-order valence-electron chi connectivity index (χ3n) is 5.67. The van der Waals surface area contributed by atoms with Crippen molar-refractivity contribution in [1.29, 1.82) is 10.5 Å². The predicted octanol–water partition coefficient (Wildman–Crippen LogP) is 2.41. The zero-order chi connectivity index (χ0) is 18.6. The van der Waals surface area contributed by atoms with E-state index in [1.807, 2.05) is 13.8 Å². The average molecular weight is 344 g/mol. The first-order valence-electron chi connectivity index (χ1n) is 9.18. The fraction of sp³-hybridized carbons (Fsp3) is 0.789. The minimum atomic E-state index is -0.881. The maximum Gasteiger partial charge on any atom is 0.240 e. The van der Waals surface area contributed by atoms with Gasteiger partial charge in [-0.3, -0.25) is 9.59 Å². The number of nitrogens with one attached hydrogen (secondary N) is 2. The number of rotatable bonds is 6. The van der Waals surface area contributed by atoms with Gasteiger partial charge in [0, 0.05) is 13.1 Å². The van der Waals surface area contributed by atoms with Crippen molar-refractivity contribution in [2.45, 2.75) is 65.2 Å². The van der Waals surface area contributed by atoms with E-state index in [1.54, 1.807) is 0 Å². The van der Waals surface area contributed by atoms with Gasteiger partial charge in [-0.05, 0) is 31.1 Å². The zero-order valence-electron chi connectivity index (χ0n) is 15.3. The van der Waals surface area contributed by atoms with E-state index in [1.165, 1.54) is 0 Å². The summed E-state index contributed by atoms with van der Waals surface area (Å²) < 4.78 is 0. The van der Waals surface area contributed by atoms with Gasteiger partial charge in [0.15, 0.2) is 0 Å². The fourth-order valence-corrected chi connectivity index (χ4v) is 3.78. The molecule has 0 aromatic rings. The standard InChI is InChI=1S/C19H28N4O2/c1-17(2,13-22-15(24)18(11-20)7-3-4-8-18)14-23-16(25)19(12-21)9-5-6-10-19/h3-10,13-14H2,1-2H3,(H,22,24)(H,23,25). The van der Waals surface area contributed by atoms with Crippen LogP contribution in [0.1, 0.15) is 65.2 Å². The smallest absolute Gasteiger partial charge is 0.240 e. The van der Waals surface area contributed by atoms with Crippen molar-refractivity contribution in [3.05, 3.63) is 0 Å². The Bertz CT molecular complexity index is 548. The molecule has 2 amide bonds. The summed E-state index contributed by atoms with van der Waals surface area (Å²) in [4.78, 5) is 24.9. The van der Waals surface area contributed by atoms with E-state index >= 15 is 0 Å². The molecule has 25 heavy (non-hydrogen) atoms. The van der Waals surface area contributed by atoms with Crippen LogP contribution < -0.4 is 10.6 Å². The Labute approximate surface area is 150 Å². The van der Waals surface area contributed by atoms with E-state index in [4.69, 9.17) is 0 Å². The SMILES string of the molecule is CC(C)(CNC(=O)C1(C#N)CCCC1)CNC(=O)C1(C#N)CCCC1. The van der Waals surface area contributed by atoms with Crippen molar-refractivity contribution in [2.24, 2.45) is 16.2 Å². The van der Waals surface area contributed by atoms with Gasteiger partial charge in [-0.25, -0.2) is 0 Å². The number of hydrogen-bond donors (Lipinski definition) is 2. The number of amides is 2. The van der Waals surface area contributed by atoms with Crippen LogP contribution in [0.3, 0.4) is 0 Å². The van der Waals surface area contributed by atoms with Crippen LogP contribution in [0.2, 0.25) is 0 Å². The lowest BCUT2D eigenvalue weighted by atomic mass is 9.85. The van der Waals surface area contributed by atoms with Crippen LogP contribution in [0.4, 0.5) is 0 Å². The van der Waals surface area contributed by atoms with Crippen LogP contribution in [-0.4, -0.2) is 24.9 Å². The molecule has 6 nitrogen and oxygen atoms in total. The molecule has 0 unspecified atom stereocenters. The quantitative estimate of drug-likeness (QED) is 0.771. The zero-order valence-corrected chi connectivity index (χ0v) is 15.3. The van der Waals surface area contributed by atoms with Gasteiger partial charge in [0.25, 0.3) is 0 Å². The van der Waals surface area contributed by atoms with E-state index in [0.29, 0.717) is 38.8 Å². The van der Waals surface area contributed by atoms with Crippen molar-refractivity contribution in [1.82, 2.24) is 10.6 Å². The highest BCUT2D eigenvalue weighted by Gasteiger charge is 2.43. The Morgan fingerprint density at radius 2 is 1.16 bits per heavy atom. The highest BCUT2D eigenvalue weighted by Crippen LogP contribution is 2.38. The molecule has 0 saturated heterocycles. The molecule has 2 saturated carbocycles. The largest absolute Gasteiger partial charge is 0.354 e. The van der Waals surface area contributed by atoms with Gasteiger partial charge in [0.2, 0.25) is 11.8 Å². The average Bonchev–Trinajstić information content (AvgIpc) is 3.28. The molecule has 0 radical (unpaired) electrons. The van der Waals surface area contributed by atoms with Crippen LogP contribution in [0.5, 0.6) is 0 Å². The second-order valence-corrected chi connectivity index (χ2v) is 8.33. The predicted molar refractivity (Wildman–Crippen MR) is 92.8 cm³/mol. The minimum absolute atomic E-state index is 0.198. The van der Waals surface area contributed by atoms with E-state index in [0.717, 1.165) is 25.7 Å². The van der Waals surface area contributed by atoms with E-state index < -0.39 is 10.8 Å². The summed E-state index contributed by atoms with van der Waals surface area (Å²) in [7, 11) is 0. The second-order valence-electron chi connectivity index (χ2n) is 8.33. The molecule has 2 fully saturated rings. The highest BCUT2D eigenvalue weighted by atomic mass is 16.2. The molecule has 0 heterocycles. The number of hydrogen-bond acceptors (Lipinski definition) is 4. The van der Waals surface area contributed by atoms with Crippen LogP contribution in [0.25, 0.3) is 0 Å². The molecular weight excluding hydrogens is 316 g/mol. The fourth-order valence-electron chi connectivity index (χ4n) is 3.78. The molecule has 0 aromatic carbocycles. The topological polar surface area (TPSA) is 106 Å². The molecule has 2 N–H and O–H groups in total. The van der Waals surface area contributed by atoms with Crippen LogP contribution >= 0.6 is 0 Å². The summed E-state index contributed by atoms with van der Waals surface area (Å²) in [5.41, 5.74) is -2.11. The van der Waals surface area contributed by atoms with Crippen molar-refractivity contribution >= 4 is 11.8 Å². The van der Waals surface area contributed by atoms with Gasteiger partial charge in [-0.15, -0.1) is 0 Å². The number of nitriles is 2. The van der Waals surface area contributed by atoms with Gasteiger partial charge in [-0.1, -0.05) is 39.5 Å². The Kier molecular flexibility index (Phi) is 5.72. The first-order chi connectivity index (χ1) is 11.8. The number of carbonyl (C=O) groups excluding carboxylic acids is 2. The van der Waals surface area contributed by atoms with E-state index in [-0.39, 0.29) is 17.2 Å². The van der Waals surface area contributed by atoms with Crippen LogP contribution in [0, 0.1) is 38.9 Å². The molecule has 0 aromatic heterocycles. The Balaban J connectivity index is 1.85. The molecule has 0 spiro atoms. The van der Waals surface area contributed by atoms with E-state index in [9.17, 15) is 20.1 Å². The maximum atomic E-state index is 12.4. The Hall–Kier alpha value is -2.08. The van der Waals surface area contributed by atoms with Crippen molar-refractivity contribution in [3.63, 3.8) is 0 Å². The Morgan fingerprint density at radius 3 is 1.44 bits per heavy atom. The third-order valence-corrected chi connectivity index (χ3v) is 5.67. The summed E-state index contributed by atoms with van der Waals surface area (Å²) in [6, 6.07) is 4.39. The summed E-state index contributed by atoms with van der Waals surface area (Å²) in [5.74, 6) is -0.396. The summed E-state index contributed by atoms with van der Waals surface area (Å²) in [5, 5.41) is 24.5. The minimum Gasteiger partial charge on any atom is -0.354 e. The molecule has 0 bridgehead atoms. The third kappa shape index (κ3) is 4.12. The molecule has 6 heteroatoms. The van der Waals surface area contributed by atoms with Crippen LogP contribution in [-0.2, 0) is 9.59 Å². The summed E-state index contributed by atoms with van der Waals surface area (Å²) in [6.07, 6.45) is 6.14. The number of nitrogens with zero attached hydrogens (tertiary/aromatic N) is 2. The second kappa shape index (κ2) is 7.44. The lowest BCUT2D eigenvalue weighted by molar-refractivity contribution is -0.128. The molecule has 2 rings (SSSR count). The molecule has 0 aliphatic heterocycles. The van der Waals surface area contributed by atoms with Crippen LogP contribution in [0.15, 0.2) is 0 Å². The lowest BCUT2D eigenvalue weighted by Crippen LogP contribution is -2.48. The lowest BCUT2D eigenvalue weighted by Gasteiger charge is -2.29. The van der Waals surface area contributed by atoms with Crippen molar-refractivity contribution in [2.75, 3.05) is 13.1 Å². The van der Waals surface area contributed by atoms with Crippen molar-refractivity contribution < 1.29 is 9.59 Å². The highest BCUT2D eigenvalue weighted by molar-refractivity contribution is 5.86. The maximum absolute atomic E-state index is 12.4. The van der Waals surface area contributed by atoms with Crippen molar-refractivity contribution in [3.8, 4) is 12.1 Å². The van der Waals surface area contributed by atoms with E-state index in [2.05, 4.69) is 22.8 Å². The van der Waals surface area contributed by atoms with Gasteiger partial charge in [0.1, 0.15) is 10.8 Å². The summed E-state index contributed by atoms with van der Waals surface area (Å²) in [6.45, 7) is 4.67.